The molecule has 0 radical (unpaired) electrons. The van der Waals surface area contributed by atoms with Crippen LogP contribution in [-0.2, 0) is 13.2 Å². The van der Waals surface area contributed by atoms with Crippen molar-refractivity contribution in [1.29, 1.82) is 0 Å². The Morgan fingerprint density at radius 1 is 1.15 bits per heavy atom. The van der Waals surface area contributed by atoms with Crippen LogP contribution in [0.1, 0.15) is 21.7 Å². The third-order valence-corrected chi connectivity index (χ3v) is 5.10. The van der Waals surface area contributed by atoms with Crippen LogP contribution in [0.5, 0.6) is 5.75 Å². The normalized spacial score (nSPS) is 11.6. The molecule has 1 amide bonds. The van der Waals surface area contributed by atoms with E-state index in [4.69, 9.17) is 4.74 Å². The second-order valence-corrected chi connectivity index (χ2v) is 7.27. The highest BCUT2D eigenvalue weighted by molar-refractivity contribution is 6.03. The fraction of sp³-hybridized carbons (Fsp3) is 0.182. The van der Waals surface area contributed by atoms with E-state index in [1.807, 2.05) is 0 Å². The van der Waals surface area contributed by atoms with Gasteiger partial charge in [0, 0.05) is 18.8 Å². The van der Waals surface area contributed by atoms with Crippen LogP contribution in [0.25, 0.3) is 16.6 Å². The fourth-order valence-corrected chi connectivity index (χ4v) is 3.42. The topological polar surface area (TPSA) is 91.0 Å². The Hall–Kier alpha value is -4.15. The molecule has 0 saturated carbocycles. The number of benzene rings is 2. The first kappa shape index (κ1) is 22.1. The lowest BCUT2D eigenvalue weighted by Crippen LogP contribution is -2.20. The van der Waals surface area contributed by atoms with E-state index in [-0.39, 0.29) is 16.9 Å². The van der Waals surface area contributed by atoms with E-state index in [1.54, 1.807) is 43.3 Å². The highest BCUT2D eigenvalue weighted by Gasteiger charge is 2.35. The minimum absolute atomic E-state index is 0.263. The second-order valence-electron chi connectivity index (χ2n) is 7.27. The summed E-state index contributed by atoms with van der Waals surface area (Å²) in [5.41, 5.74) is 0.111. The van der Waals surface area contributed by atoms with Gasteiger partial charge in [-0.2, -0.15) is 18.3 Å². The maximum absolute atomic E-state index is 13.1. The maximum Gasteiger partial charge on any atom is 0.435 e. The number of carbonyl (C=O) groups is 1. The third-order valence-electron chi connectivity index (χ3n) is 5.10. The zero-order valence-electron chi connectivity index (χ0n) is 17.8. The molecule has 4 aromatic rings. The number of amides is 1. The number of hydrogen-bond acceptors (Lipinski definition) is 5. The van der Waals surface area contributed by atoms with Gasteiger partial charge in [0.15, 0.2) is 5.69 Å². The van der Waals surface area contributed by atoms with E-state index in [1.165, 1.54) is 25.1 Å². The zero-order chi connectivity index (χ0) is 23.9. The van der Waals surface area contributed by atoms with Crippen molar-refractivity contribution in [3.05, 3.63) is 76.1 Å². The molecule has 33 heavy (non-hydrogen) atoms. The van der Waals surface area contributed by atoms with Gasteiger partial charge in [0.05, 0.1) is 18.2 Å². The largest absolute Gasteiger partial charge is 0.494 e. The van der Waals surface area contributed by atoms with Gasteiger partial charge < -0.3 is 10.1 Å². The van der Waals surface area contributed by atoms with E-state index >= 15 is 0 Å². The van der Waals surface area contributed by atoms with Crippen LogP contribution in [0.2, 0.25) is 0 Å². The van der Waals surface area contributed by atoms with E-state index in [2.05, 4.69) is 15.4 Å². The molecule has 4 rings (SSSR count). The monoisotopic (exact) mass is 457 g/mol. The van der Waals surface area contributed by atoms with Gasteiger partial charge in [-0.1, -0.05) is 12.1 Å². The molecule has 0 spiro atoms. The van der Waals surface area contributed by atoms with Crippen molar-refractivity contribution in [3.63, 3.8) is 0 Å². The van der Waals surface area contributed by atoms with Crippen molar-refractivity contribution in [2.75, 3.05) is 12.4 Å². The highest BCUT2D eigenvalue weighted by atomic mass is 19.4. The summed E-state index contributed by atoms with van der Waals surface area (Å²) in [6, 6.07) is 10.5. The average Bonchev–Trinajstić information content (AvgIpc) is 3.17. The van der Waals surface area contributed by atoms with Crippen molar-refractivity contribution < 1.29 is 22.7 Å². The maximum atomic E-state index is 13.1. The number of ether oxygens (including phenoxy) is 1. The second kappa shape index (κ2) is 8.08. The number of aryl methyl sites for hydroxylation is 2. The number of nitrogens with one attached hydrogen (secondary N) is 1. The molecule has 2 aromatic heterocycles. The molecule has 2 aromatic carbocycles. The van der Waals surface area contributed by atoms with E-state index < -0.39 is 17.8 Å². The predicted molar refractivity (Wildman–Crippen MR) is 115 cm³/mol. The molecular weight excluding hydrogens is 439 g/mol. The Labute approximate surface area is 185 Å². The Kier molecular flexibility index (Phi) is 5.40. The predicted octanol–water partition coefficient (Wildman–Crippen LogP) is 3.71. The number of aromatic nitrogens is 4. The van der Waals surface area contributed by atoms with E-state index in [0.717, 1.165) is 10.2 Å². The molecule has 0 aliphatic heterocycles. The smallest absolute Gasteiger partial charge is 0.435 e. The molecule has 0 unspecified atom stereocenters. The molecule has 0 atom stereocenters. The molecular formula is C22H18F3N5O3. The number of fused-ring (bicyclic) bond motifs is 1. The molecule has 8 nitrogen and oxygen atoms in total. The molecule has 170 valence electrons. The number of methoxy groups -OCH3 is 1. The zero-order valence-corrected chi connectivity index (χ0v) is 17.8. The Balaban J connectivity index is 1.71. The van der Waals surface area contributed by atoms with Crippen LogP contribution in [0.3, 0.4) is 0 Å². The van der Waals surface area contributed by atoms with E-state index in [0.29, 0.717) is 28.4 Å². The summed E-state index contributed by atoms with van der Waals surface area (Å²) < 4.78 is 46.1. The fourth-order valence-electron chi connectivity index (χ4n) is 3.42. The van der Waals surface area contributed by atoms with Crippen molar-refractivity contribution in [2.45, 2.75) is 13.1 Å². The summed E-state index contributed by atoms with van der Waals surface area (Å²) in [6.45, 7) is 1.78. The lowest BCUT2D eigenvalue weighted by molar-refractivity contribution is -0.141. The number of nitrogens with zero attached hydrogens (tertiary/aromatic N) is 4. The number of hydrogen-bond donors (Lipinski definition) is 1. The molecule has 2 heterocycles. The molecule has 0 saturated heterocycles. The van der Waals surface area contributed by atoms with Crippen LogP contribution in [0, 0.1) is 6.92 Å². The molecule has 0 aliphatic carbocycles. The van der Waals surface area contributed by atoms with Gasteiger partial charge >= 0.3 is 6.18 Å². The average molecular weight is 457 g/mol. The van der Waals surface area contributed by atoms with Gasteiger partial charge in [-0.25, -0.2) is 4.98 Å². The summed E-state index contributed by atoms with van der Waals surface area (Å²) in [5.74, 6) is -0.312. The van der Waals surface area contributed by atoms with Crippen molar-refractivity contribution in [3.8, 4) is 11.4 Å². The first-order chi connectivity index (χ1) is 15.6. The number of rotatable bonds is 4. The van der Waals surface area contributed by atoms with Crippen molar-refractivity contribution in [1.82, 2.24) is 19.3 Å². The Morgan fingerprint density at radius 2 is 1.91 bits per heavy atom. The number of halogens is 3. The van der Waals surface area contributed by atoms with Crippen LogP contribution < -0.4 is 15.6 Å². The molecule has 11 heteroatoms. The summed E-state index contributed by atoms with van der Waals surface area (Å²) in [7, 11) is 2.73. The van der Waals surface area contributed by atoms with Crippen LogP contribution in [-0.4, -0.2) is 32.3 Å². The Morgan fingerprint density at radius 3 is 2.58 bits per heavy atom. The standard InChI is InChI=1S/C22H18F3N5O3/c1-12-7-8-13(27-20(31)16-10-18(22(23,24)25)28-29(16)2)9-15(12)30-11-26-19-14(21(30)32)5-4-6-17(19)33-3/h4-11H,1-3H3,(H,27,31). The first-order valence-corrected chi connectivity index (χ1v) is 9.68. The number of anilines is 1. The molecule has 0 aliphatic rings. The molecule has 0 bridgehead atoms. The van der Waals surface area contributed by atoms with E-state index in [9.17, 15) is 22.8 Å². The minimum Gasteiger partial charge on any atom is -0.494 e. The summed E-state index contributed by atoms with van der Waals surface area (Å²) >= 11 is 0. The Bertz CT molecular complexity index is 1440. The molecule has 0 fully saturated rings. The van der Waals surface area contributed by atoms with Crippen molar-refractivity contribution in [2.24, 2.45) is 7.05 Å². The van der Waals surface area contributed by atoms with Crippen molar-refractivity contribution >= 4 is 22.5 Å². The number of para-hydroxylation sites is 1. The molecule has 1 N–H and O–H groups in total. The highest BCUT2D eigenvalue weighted by Crippen LogP contribution is 2.29. The van der Waals surface area contributed by atoms with Gasteiger partial charge in [0.25, 0.3) is 11.5 Å². The third kappa shape index (κ3) is 4.04. The lowest BCUT2D eigenvalue weighted by atomic mass is 10.1. The van der Waals surface area contributed by atoms with Crippen LogP contribution >= 0.6 is 0 Å². The van der Waals surface area contributed by atoms with Crippen LogP contribution in [0.4, 0.5) is 18.9 Å². The van der Waals surface area contributed by atoms with Gasteiger partial charge in [0.2, 0.25) is 0 Å². The quantitative estimate of drug-likeness (QED) is 0.505. The van der Waals surface area contributed by atoms with Gasteiger partial charge in [-0.3, -0.25) is 18.8 Å². The SMILES string of the molecule is COc1cccc2c(=O)n(-c3cc(NC(=O)c4cc(C(F)(F)F)nn4C)ccc3C)cnc12. The van der Waals surface area contributed by atoms with Gasteiger partial charge in [-0.05, 0) is 36.8 Å². The summed E-state index contributed by atoms with van der Waals surface area (Å²) in [6.07, 6.45) is -3.31. The number of carbonyl (C=O) groups excluding carboxylic acids is 1. The number of alkyl halides is 3. The van der Waals surface area contributed by atoms with Crippen LogP contribution in [0.15, 0.2) is 53.6 Å². The van der Waals surface area contributed by atoms with Gasteiger partial charge in [0.1, 0.15) is 23.3 Å². The lowest BCUT2D eigenvalue weighted by Gasteiger charge is -2.13. The summed E-state index contributed by atoms with van der Waals surface area (Å²) in [5, 5.41) is 6.25. The first-order valence-electron chi connectivity index (χ1n) is 9.68. The minimum atomic E-state index is -4.67. The van der Waals surface area contributed by atoms with Gasteiger partial charge in [-0.15, -0.1) is 0 Å². The summed E-state index contributed by atoms with van der Waals surface area (Å²) in [4.78, 5) is 30.0.